The maximum absolute atomic E-state index is 12.3. The lowest BCUT2D eigenvalue weighted by Gasteiger charge is -2.16. The molecule has 0 fully saturated rings. The number of para-hydroxylation sites is 2. The Morgan fingerprint density at radius 2 is 1.72 bits per heavy atom. The quantitative estimate of drug-likeness (QED) is 0.592. The van der Waals surface area contributed by atoms with Crippen LogP contribution in [0.4, 0.5) is 5.82 Å². The largest absolute Gasteiger partial charge is 0.479 e. The summed E-state index contributed by atoms with van der Waals surface area (Å²) in [6.07, 6.45) is -0.350. The lowest BCUT2D eigenvalue weighted by Crippen LogP contribution is -2.31. The summed E-state index contributed by atoms with van der Waals surface area (Å²) in [6, 6.07) is 20.2. The highest BCUT2D eigenvalue weighted by Crippen LogP contribution is 2.17. The van der Waals surface area contributed by atoms with Gasteiger partial charge >= 0.3 is 5.97 Å². The molecule has 1 amide bonds. The first-order valence-electron chi connectivity index (χ1n) is 9.37. The molecule has 0 radical (unpaired) electrons. The second-order valence-corrected chi connectivity index (χ2v) is 6.40. The van der Waals surface area contributed by atoms with Crippen molar-refractivity contribution in [2.45, 2.75) is 26.4 Å². The number of aromatic nitrogens is 2. The van der Waals surface area contributed by atoms with Crippen LogP contribution >= 0.6 is 0 Å². The molecule has 0 aliphatic heterocycles. The van der Waals surface area contributed by atoms with Gasteiger partial charge in [0.15, 0.2) is 12.7 Å². The summed E-state index contributed by atoms with van der Waals surface area (Å²) in [4.78, 5) is 24.6. The Labute approximate surface area is 169 Å². The third-order valence-electron chi connectivity index (χ3n) is 4.10. The van der Waals surface area contributed by atoms with E-state index in [4.69, 9.17) is 9.47 Å². The Bertz CT molecular complexity index is 955. The van der Waals surface area contributed by atoms with Crippen molar-refractivity contribution < 1.29 is 19.1 Å². The van der Waals surface area contributed by atoms with Gasteiger partial charge in [0.25, 0.3) is 5.91 Å². The molecule has 2 aromatic carbocycles. The zero-order valence-electron chi connectivity index (χ0n) is 16.4. The second kappa shape index (κ2) is 9.54. The van der Waals surface area contributed by atoms with E-state index >= 15 is 0 Å². The van der Waals surface area contributed by atoms with Gasteiger partial charge in [-0.25, -0.2) is 9.48 Å². The van der Waals surface area contributed by atoms with Gasteiger partial charge in [-0.3, -0.25) is 4.79 Å². The molecular weight excluding hydrogens is 370 g/mol. The molecule has 7 nitrogen and oxygen atoms in total. The van der Waals surface area contributed by atoms with Gasteiger partial charge in [0, 0.05) is 6.07 Å². The first-order valence-corrected chi connectivity index (χ1v) is 9.37. The number of hydrogen-bond acceptors (Lipinski definition) is 5. The maximum Gasteiger partial charge on any atom is 0.347 e. The van der Waals surface area contributed by atoms with Crippen molar-refractivity contribution in [2.75, 3.05) is 11.9 Å². The number of amides is 1. The molecule has 1 aromatic heterocycles. The van der Waals surface area contributed by atoms with E-state index in [0.29, 0.717) is 18.0 Å². The number of benzene rings is 2. The fourth-order valence-electron chi connectivity index (χ4n) is 2.72. The summed E-state index contributed by atoms with van der Waals surface area (Å²) in [5.41, 5.74) is 1.57. The molecular formula is C22H23N3O4. The van der Waals surface area contributed by atoms with Crippen molar-refractivity contribution in [1.82, 2.24) is 9.78 Å². The molecule has 1 N–H and O–H groups in total. The Kier molecular flexibility index (Phi) is 6.63. The molecule has 7 heteroatoms. The van der Waals surface area contributed by atoms with E-state index in [-0.39, 0.29) is 0 Å². The van der Waals surface area contributed by atoms with Crippen molar-refractivity contribution in [3.63, 3.8) is 0 Å². The van der Waals surface area contributed by atoms with E-state index in [2.05, 4.69) is 10.4 Å². The summed E-state index contributed by atoms with van der Waals surface area (Å²) in [5.74, 6) is 0.0366. The van der Waals surface area contributed by atoms with Crippen molar-refractivity contribution in [3.8, 4) is 11.4 Å². The van der Waals surface area contributed by atoms with Crippen molar-refractivity contribution in [1.29, 1.82) is 0 Å². The third-order valence-corrected chi connectivity index (χ3v) is 4.10. The highest BCUT2D eigenvalue weighted by Gasteiger charge is 2.21. The van der Waals surface area contributed by atoms with Gasteiger partial charge < -0.3 is 14.8 Å². The van der Waals surface area contributed by atoms with E-state index < -0.39 is 24.6 Å². The van der Waals surface area contributed by atoms with Crippen LogP contribution in [0.3, 0.4) is 0 Å². The summed E-state index contributed by atoms with van der Waals surface area (Å²) in [7, 11) is 0. The zero-order chi connectivity index (χ0) is 20.6. The topological polar surface area (TPSA) is 82.4 Å². The number of rotatable bonds is 8. The molecule has 1 atom stereocenters. The van der Waals surface area contributed by atoms with Crippen LogP contribution in [-0.2, 0) is 14.3 Å². The van der Waals surface area contributed by atoms with Gasteiger partial charge in [0.2, 0.25) is 0 Å². The fourth-order valence-corrected chi connectivity index (χ4v) is 2.72. The van der Waals surface area contributed by atoms with E-state index in [9.17, 15) is 9.59 Å². The standard InChI is InChI=1S/C22H23N3O4/c1-3-19(29-18-12-8-5-9-13-18)22(27)28-15-21(26)23-20-14-16(2)24-25(20)17-10-6-4-7-11-17/h4-14,19H,3,15H2,1-2H3,(H,23,26)/t19-/m0/s1. The lowest BCUT2D eigenvalue weighted by molar-refractivity contribution is -0.154. The molecule has 29 heavy (non-hydrogen) atoms. The van der Waals surface area contributed by atoms with Crippen LogP contribution in [0.1, 0.15) is 19.0 Å². The van der Waals surface area contributed by atoms with Gasteiger partial charge in [-0.2, -0.15) is 5.10 Å². The number of anilines is 1. The van der Waals surface area contributed by atoms with Crippen molar-refractivity contribution in [3.05, 3.63) is 72.4 Å². The summed E-state index contributed by atoms with van der Waals surface area (Å²) in [6.45, 7) is 3.24. The fraction of sp³-hybridized carbons (Fsp3) is 0.227. The minimum atomic E-state index is -0.776. The second-order valence-electron chi connectivity index (χ2n) is 6.40. The number of carbonyl (C=O) groups is 2. The first-order chi connectivity index (χ1) is 14.1. The Morgan fingerprint density at radius 1 is 1.07 bits per heavy atom. The molecule has 3 rings (SSSR count). The predicted octanol–water partition coefficient (Wildman–Crippen LogP) is 3.52. The molecule has 0 unspecified atom stereocenters. The molecule has 0 aliphatic rings. The summed E-state index contributed by atoms with van der Waals surface area (Å²) < 4.78 is 12.4. The van der Waals surface area contributed by atoms with E-state index in [0.717, 1.165) is 11.4 Å². The molecule has 150 valence electrons. The molecule has 0 aliphatic carbocycles. The van der Waals surface area contributed by atoms with Crippen molar-refractivity contribution >= 4 is 17.7 Å². The minimum Gasteiger partial charge on any atom is -0.479 e. The zero-order valence-corrected chi connectivity index (χ0v) is 16.4. The first kappa shape index (κ1) is 20.1. The van der Waals surface area contributed by atoms with Gasteiger partial charge in [-0.05, 0) is 37.6 Å². The van der Waals surface area contributed by atoms with Gasteiger partial charge in [0.05, 0.1) is 11.4 Å². The van der Waals surface area contributed by atoms with Crippen LogP contribution in [0.15, 0.2) is 66.7 Å². The van der Waals surface area contributed by atoms with E-state index in [1.54, 1.807) is 22.9 Å². The summed E-state index contributed by atoms with van der Waals surface area (Å²) >= 11 is 0. The number of esters is 1. The van der Waals surface area contributed by atoms with Crippen LogP contribution in [0.25, 0.3) is 5.69 Å². The van der Waals surface area contributed by atoms with Gasteiger partial charge in [-0.15, -0.1) is 0 Å². The van der Waals surface area contributed by atoms with Crippen molar-refractivity contribution in [2.24, 2.45) is 0 Å². The number of carbonyl (C=O) groups excluding carboxylic acids is 2. The highest BCUT2D eigenvalue weighted by molar-refractivity contribution is 5.92. The SMILES string of the molecule is CC[C@H](Oc1ccccc1)C(=O)OCC(=O)Nc1cc(C)nn1-c1ccccc1. The summed E-state index contributed by atoms with van der Waals surface area (Å²) in [5, 5.41) is 7.13. The number of nitrogens with one attached hydrogen (secondary N) is 1. The molecule has 0 saturated carbocycles. The van der Waals surface area contributed by atoms with Crippen LogP contribution in [0.5, 0.6) is 5.75 Å². The van der Waals surface area contributed by atoms with Crippen LogP contribution < -0.4 is 10.1 Å². The molecule has 3 aromatic rings. The van der Waals surface area contributed by atoms with E-state index in [1.165, 1.54) is 0 Å². The maximum atomic E-state index is 12.3. The number of nitrogens with zero attached hydrogens (tertiary/aromatic N) is 2. The average Bonchev–Trinajstić information content (AvgIpc) is 3.11. The van der Waals surface area contributed by atoms with Crippen LogP contribution in [0.2, 0.25) is 0 Å². The van der Waals surface area contributed by atoms with E-state index in [1.807, 2.05) is 62.4 Å². The van der Waals surface area contributed by atoms with Crippen LogP contribution in [0, 0.1) is 6.92 Å². The third kappa shape index (κ3) is 5.44. The number of hydrogen-bond donors (Lipinski definition) is 1. The number of ether oxygens (including phenoxy) is 2. The monoisotopic (exact) mass is 393 g/mol. The Morgan fingerprint density at radius 3 is 2.38 bits per heavy atom. The molecule has 1 heterocycles. The molecule has 0 bridgehead atoms. The smallest absolute Gasteiger partial charge is 0.347 e. The minimum absolute atomic E-state index is 0.410. The van der Waals surface area contributed by atoms with Gasteiger partial charge in [-0.1, -0.05) is 43.3 Å². The Balaban J connectivity index is 1.58. The average molecular weight is 393 g/mol. The van der Waals surface area contributed by atoms with Gasteiger partial charge in [0.1, 0.15) is 11.6 Å². The predicted molar refractivity (Wildman–Crippen MR) is 109 cm³/mol. The van der Waals surface area contributed by atoms with Crippen LogP contribution in [-0.4, -0.2) is 34.4 Å². The molecule has 0 spiro atoms. The lowest BCUT2D eigenvalue weighted by atomic mass is 10.2. The normalized spacial score (nSPS) is 11.5. The highest BCUT2D eigenvalue weighted by atomic mass is 16.6. The number of aryl methyl sites for hydroxylation is 1. The molecule has 0 saturated heterocycles. The Hall–Kier alpha value is -3.61.